The van der Waals surface area contributed by atoms with Crippen LogP contribution >= 0.6 is 0 Å². The van der Waals surface area contributed by atoms with E-state index in [9.17, 15) is 35.7 Å². The van der Waals surface area contributed by atoms with Crippen molar-refractivity contribution in [2.45, 2.75) is 102 Å². The molecule has 0 aromatic rings. The molecule has 31 heavy (non-hydrogen) atoms. The van der Waals surface area contributed by atoms with E-state index >= 15 is 0 Å². The summed E-state index contributed by atoms with van der Waals surface area (Å²) in [6.45, 7) is 8.47. The van der Waals surface area contributed by atoms with Crippen molar-refractivity contribution in [1.82, 2.24) is 0 Å². The third-order valence-corrected chi connectivity index (χ3v) is 5.96. The SMILES string of the molecule is CCC(C)C(C)(C)ON=CC(O)C(O)C(O)C(O)COC1COC(C)C(O)C(O)C1O. The van der Waals surface area contributed by atoms with Gasteiger partial charge >= 0.3 is 0 Å². The fourth-order valence-corrected chi connectivity index (χ4v) is 2.94. The van der Waals surface area contributed by atoms with Gasteiger partial charge in [-0.2, -0.15) is 0 Å². The molecule has 0 radical (unpaired) electrons. The van der Waals surface area contributed by atoms with Crippen LogP contribution in [0.2, 0.25) is 0 Å². The van der Waals surface area contributed by atoms with Crippen molar-refractivity contribution in [1.29, 1.82) is 0 Å². The molecule has 10 unspecified atom stereocenters. The lowest BCUT2D eigenvalue weighted by atomic mass is 9.91. The lowest BCUT2D eigenvalue weighted by molar-refractivity contribution is -0.148. The van der Waals surface area contributed by atoms with Crippen LogP contribution in [0, 0.1) is 5.92 Å². The first-order valence-corrected chi connectivity index (χ1v) is 10.5. The fraction of sp³-hybridized carbons (Fsp3) is 0.950. The van der Waals surface area contributed by atoms with Crippen LogP contribution in [0.4, 0.5) is 0 Å². The second kappa shape index (κ2) is 12.4. The highest BCUT2D eigenvalue weighted by molar-refractivity contribution is 5.63. The summed E-state index contributed by atoms with van der Waals surface area (Å²) in [4.78, 5) is 5.36. The topological polar surface area (TPSA) is 182 Å². The molecule has 7 N–H and O–H groups in total. The van der Waals surface area contributed by atoms with E-state index in [-0.39, 0.29) is 12.5 Å². The van der Waals surface area contributed by atoms with Gasteiger partial charge in [-0.25, -0.2) is 0 Å². The Morgan fingerprint density at radius 3 is 2.26 bits per heavy atom. The van der Waals surface area contributed by atoms with E-state index in [2.05, 4.69) is 5.16 Å². The summed E-state index contributed by atoms with van der Waals surface area (Å²) >= 11 is 0. The third-order valence-electron chi connectivity index (χ3n) is 5.96. The van der Waals surface area contributed by atoms with Crippen LogP contribution in [0.3, 0.4) is 0 Å². The van der Waals surface area contributed by atoms with Gasteiger partial charge in [0, 0.05) is 0 Å². The first-order valence-electron chi connectivity index (χ1n) is 10.5. The Bertz CT molecular complexity index is 548. The Hall–Kier alpha value is -0.890. The van der Waals surface area contributed by atoms with Crippen LogP contribution in [-0.4, -0.2) is 116 Å². The van der Waals surface area contributed by atoms with Crippen molar-refractivity contribution < 1.29 is 50.1 Å². The number of hydrogen-bond donors (Lipinski definition) is 7. The molecular weight excluding hydrogens is 414 g/mol. The van der Waals surface area contributed by atoms with Gasteiger partial charge in [0.05, 0.1) is 25.5 Å². The monoisotopic (exact) mass is 453 g/mol. The molecule has 10 atom stereocenters. The van der Waals surface area contributed by atoms with Crippen molar-refractivity contribution in [3.05, 3.63) is 0 Å². The molecule has 0 bridgehead atoms. The first-order chi connectivity index (χ1) is 14.3. The summed E-state index contributed by atoms with van der Waals surface area (Å²) in [6, 6.07) is 0. The van der Waals surface area contributed by atoms with Crippen molar-refractivity contribution in [2.24, 2.45) is 11.1 Å². The lowest BCUT2D eigenvalue weighted by Crippen LogP contribution is -2.49. The van der Waals surface area contributed by atoms with Crippen LogP contribution in [0.15, 0.2) is 5.16 Å². The number of oxime groups is 1. The zero-order valence-corrected chi connectivity index (χ0v) is 18.8. The van der Waals surface area contributed by atoms with E-state index in [1.807, 2.05) is 27.7 Å². The smallest absolute Gasteiger partial charge is 0.134 e. The van der Waals surface area contributed by atoms with E-state index in [0.29, 0.717) is 0 Å². The Kier molecular flexibility index (Phi) is 11.2. The molecule has 1 rings (SSSR count). The lowest BCUT2D eigenvalue weighted by Gasteiger charge is -2.29. The molecule has 1 aliphatic heterocycles. The van der Waals surface area contributed by atoms with Gasteiger partial charge in [0.15, 0.2) is 0 Å². The molecule has 0 amide bonds. The molecule has 0 saturated carbocycles. The summed E-state index contributed by atoms with van der Waals surface area (Å²) in [5.74, 6) is 0.183. The van der Waals surface area contributed by atoms with Crippen LogP contribution < -0.4 is 0 Å². The van der Waals surface area contributed by atoms with Gasteiger partial charge in [-0.05, 0) is 33.1 Å². The molecule has 1 saturated heterocycles. The van der Waals surface area contributed by atoms with Crippen molar-refractivity contribution in [3.8, 4) is 0 Å². The standard InChI is InChI=1S/C20H39NO10/c1-6-10(2)20(4,5)31-21-7-12(22)16(25)17(26)13(23)8-30-14-9-29-11(3)15(24)19(28)18(14)27/h7,10-19,22-28H,6,8-9H2,1-5H3. The zero-order valence-electron chi connectivity index (χ0n) is 18.8. The molecule has 184 valence electrons. The Labute approximate surface area is 182 Å². The van der Waals surface area contributed by atoms with Crippen LogP contribution in [0.1, 0.15) is 41.0 Å². The average Bonchev–Trinajstić information content (AvgIpc) is 2.82. The van der Waals surface area contributed by atoms with Gasteiger partial charge in [0.1, 0.15) is 54.4 Å². The minimum Gasteiger partial charge on any atom is -0.390 e. The van der Waals surface area contributed by atoms with Gasteiger partial charge < -0.3 is 50.1 Å². The van der Waals surface area contributed by atoms with E-state index in [1.54, 1.807) is 0 Å². The normalized spacial score (nSPS) is 32.8. The molecule has 0 spiro atoms. The minimum absolute atomic E-state index is 0.166. The molecule has 0 aromatic carbocycles. The van der Waals surface area contributed by atoms with Gasteiger partial charge in [-0.3, -0.25) is 0 Å². The van der Waals surface area contributed by atoms with Crippen molar-refractivity contribution in [3.63, 3.8) is 0 Å². The van der Waals surface area contributed by atoms with Crippen LogP contribution in [0.25, 0.3) is 0 Å². The van der Waals surface area contributed by atoms with E-state index in [1.165, 1.54) is 6.92 Å². The molecule has 0 aliphatic carbocycles. The molecule has 1 aliphatic rings. The maximum atomic E-state index is 10.1. The van der Waals surface area contributed by atoms with Gasteiger partial charge in [0.2, 0.25) is 0 Å². The number of aliphatic hydroxyl groups is 7. The highest BCUT2D eigenvalue weighted by Crippen LogP contribution is 2.24. The quantitative estimate of drug-likeness (QED) is 0.138. The maximum absolute atomic E-state index is 10.1. The van der Waals surface area contributed by atoms with Crippen LogP contribution in [-0.2, 0) is 14.3 Å². The van der Waals surface area contributed by atoms with Crippen LogP contribution in [0.5, 0.6) is 0 Å². The number of hydrogen-bond acceptors (Lipinski definition) is 11. The molecule has 1 fully saturated rings. The number of rotatable bonds is 11. The maximum Gasteiger partial charge on any atom is 0.134 e. The van der Waals surface area contributed by atoms with E-state index in [4.69, 9.17) is 14.3 Å². The minimum atomic E-state index is -1.80. The Morgan fingerprint density at radius 2 is 1.68 bits per heavy atom. The Morgan fingerprint density at radius 1 is 1.06 bits per heavy atom. The summed E-state index contributed by atoms with van der Waals surface area (Å²) in [6.07, 6.45) is -11.2. The van der Waals surface area contributed by atoms with Gasteiger partial charge in [0.25, 0.3) is 0 Å². The number of ether oxygens (including phenoxy) is 2. The molecule has 0 aromatic heterocycles. The van der Waals surface area contributed by atoms with E-state index in [0.717, 1.165) is 12.6 Å². The second-order valence-corrected chi connectivity index (χ2v) is 8.68. The number of aliphatic hydroxyl groups excluding tert-OH is 7. The zero-order chi connectivity index (χ0) is 23.9. The fourth-order valence-electron chi connectivity index (χ4n) is 2.94. The van der Waals surface area contributed by atoms with E-state index < -0.39 is 67.1 Å². The van der Waals surface area contributed by atoms with Gasteiger partial charge in [-0.15, -0.1) is 0 Å². The predicted octanol–water partition coefficient (Wildman–Crippen LogP) is -1.86. The molecular formula is C20H39NO10. The summed E-state index contributed by atoms with van der Waals surface area (Å²) in [7, 11) is 0. The average molecular weight is 454 g/mol. The summed E-state index contributed by atoms with van der Waals surface area (Å²) < 4.78 is 10.6. The van der Waals surface area contributed by atoms with Gasteiger partial charge in [-0.1, -0.05) is 19.0 Å². The van der Waals surface area contributed by atoms with Crippen molar-refractivity contribution in [2.75, 3.05) is 13.2 Å². The molecule has 1 heterocycles. The largest absolute Gasteiger partial charge is 0.390 e. The molecule has 11 nitrogen and oxygen atoms in total. The summed E-state index contributed by atoms with van der Waals surface area (Å²) in [5, 5.41) is 73.8. The summed E-state index contributed by atoms with van der Waals surface area (Å²) in [5.41, 5.74) is -0.598. The van der Waals surface area contributed by atoms with Crippen molar-refractivity contribution >= 4 is 6.21 Å². The molecule has 11 heteroatoms. The highest BCUT2D eigenvalue weighted by atomic mass is 16.6. The first kappa shape index (κ1) is 28.1. The third kappa shape index (κ3) is 7.88. The predicted molar refractivity (Wildman–Crippen MR) is 110 cm³/mol. The highest BCUT2D eigenvalue weighted by Gasteiger charge is 2.40. The second-order valence-electron chi connectivity index (χ2n) is 8.68. The Balaban J connectivity index is 2.57. The number of nitrogens with zero attached hydrogens (tertiary/aromatic N) is 1.